The predicted octanol–water partition coefficient (Wildman–Crippen LogP) is 15.5. The second-order valence-corrected chi connectivity index (χ2v) is 19.3. The summed E-state index contributed by atoms with van der Waals surface area (Å²) in [6, 6.07) is -0.980. The molecule has 0 heterocycles. The molecule has 0 bridgehead atoms. The molecule has 0 aliphatic heterocycles. The van der Waals surface area contributed by atoms with Crippen LogP contribution in [0.4, 0.5) is 0 Å². The van der Waals surface area contributed by atoms with Crippen molar-refractivity contribution < 1.29 is 25.2 Å². The van der Waals surface area contributed by atoms with Gasteiger partial charge in [0.2, 0.25) is 5.91 Å². The minimum atomic E-state index is -1.25. The molecule has 4 atom stereocenters. The first-order chi connectivity index (χ1) is 29.5. The van der Waals surface area contributed by atoms with E-state index >= 15 is 0 Å². The topological polar surface area (TPSA) is 110 Å². The van der Waals surface area contributed by atoms with Crippen LogP contribution in [0.2, 0.25) is 0 Å². The van der Waals surface area contributed by atoms with Gasteiger partial charge in [-0.1, -0.05) is 296 Å². The standard InChI is InChI=1S/C54H109NO5/c1-3-5-7-9-11-13-15-17-19-21-23-25-26-27-28-30-32-34-36-38-40-42-44-46-48-52(58)54(60)55-50(49-56)53(59)51(57)47-45-43-41-39-37-35-33-31-29-24-22-20-18-16-14-12-10-8-6-4-2/h50-53,56-59H,3-49H2,1-2H3,(H,55,60). The van der Waals surface area contributed by atoms with E-state index in [0.717, 1.165) is 38.5 Å². The Balaban J connectivity index is 3.60. The molecule has 0 aliphatic rings. The van der Waals surface area contributed by atoms with Crippen LogP contribution in [0.3, 0.4) is 0 Å². The Morgan fingerprint density at radius 1 is 0.350 bits per heavy atom. The second-order valence-electron chi connectivity index (χ2n) is 19.3. The van der Waals surface area contributed by atoms with Crippen molar-refractivity contribution in [1.82, 2.24) is 5.32 Å². The summed E-state index contributed by atoms with van der Waals surface area (Å²) < 4.78 is 0. The molecule has 0 aromatic heterocycles. The summed E-state index contributed by atoms with van der Waals surface area (Å²) in [6.07, 6.45) is 55.9. The number of amides is 1. The van der Waals surface area contributed by atoms with E-state index < -0.39 is 36.9 Å². The summed E-state index contributed by atoms with van der Waals surface area (Å²) in [7, 11) is 0. The monoisotopic (exact) mass is 852 g/mol. The van der Waals surface area contributed by atoms with Crippen molar-refractivity contribution in [3.63, 3.8) is 0 Å². The molecule has 4 unspecified atom stereocenters. The SMILES string of the molecule is CCCCCCCCCCCCCCCCCCCCCCCCCCC(O)C(=O)NC(CO)C(O)C(O)CCCCCCCCCCCCCCCCCCCCCC. The summed E-state index contributed by atoms with van der Waals surface area (Å²) in [6.45, 7) is 4.10. The number of hydrogen-bond donors (Lipinski definition) is 5. The first kappa shape index (κ1) is 59.3. The van der Waals surface area contributed by atoms with Crippen LogP contribution in [0.1, 0.15) is 309 Å². The molecule has 0 aliphatic carbocycles. The highest BCUT2D eigenvalue weighted by Gasteiger charge is 2.28. The second kappa shape index (κ2) is 49.3. The Kier molecular flexibility index (Phi) is 48.8. The van der Waals surface area contributed by atoms with Gasteiger partial charge in [-0.2, -0.15) is 0 Å². The summed E-state index contributed by atoms with van der Waals surface area (Å²) in [5, 5.41) is 44.0. The average molecular weight is 852 g/mol. The average Bonchev–Trinajstić information content (AvgIpc) is 3.25. The first-order valence-electron chi connectivity index (χ1n) is 27.4. The van der Waals surface area contributed by atoms with Crippen LogP contribution in [0.5, 0.6) is 0 Å². The van der Waals surface area contributed by atoms with E-state index in [1.54, 1.807) is 0 Å². The number of carbonyl (C=O) groups is 1. The number of unbranched alkanes of at least 4 members (excludes halogenated alkanes) is 42. The van der Waals surface area contributed by atoms with Crippen molar-refractivity contribution in [3.05, 3.63) is 0 Å². The minimum absolute atomic E-state index is 0.376. The van der Waals surface area contributed by atoms with Gasteiger partial charge < -0.3 is 25.7 Å². The molecular weight excluding hydrogens is 743 g/mol. The molecule has 0 saturated carbocycles. The third kappa shape index (κ3) is 42.6. The lowest BCUT2D eigenvalue weighted by molar-refractivity contribution is -0.132. The number of aliphatic hydroxyl groups is 4. The normalized spacial score (nSPS) is 13.8. The largest absolute Gasteiger partial charge is 0.394 e. The fourth-order valence-corrected chi connectivity index (χ4v) is 9.00. The fraction of sp³-hybridized carbons (Fsp3) is 0.981. The first-order valence-corrected chi connectivity index (χ1v) is 27.4. The molecule has 0 aromatic rings. The fourth-order valence-electron chi connectivity index (χ4n) is 9.00. The van der Waals surface area contributed by atoms with Gasteiger partial charge in [-0.3, -0.25) is 4.79 Å². The molecule has 360 valence electrons. The van der Waals surface area contributed by atoms with Crippen molar-refractivity contribution in [2.45, 2.75) is 334 Å². The molecular formula is C54H109NO5. The van der Waals surface area contributed by atoms with Crippen LogP contribution >= 0.6 is 0 Å². The zero-order chi connectivity index (χ0) is 43.8. The Morgan fingerprint density at radius 2 is 0.567 bits per heavy atom. The van der Waals surface area contributed by atoms with Crippen LogP contribution in [-0.2, 0) is 4.79 Å². The van der Waals surface area contributed by atoms with E-state index in [1.165, 1.54) is 244 Å². The summed E-state index contributed by atoms with van der Waals surface area (Å²) in [5.41, 5.74) is 0. The summed E-state index contributed by atoms with van der Waals surface area (Å²) >= 11 is 0. The predicted molar refractivity (Wildman–Crippen MR) is 261 cm³/mol. The maximum Gasteiger partial charge on any atom is 0.249 e. The minimum Gasteiger partial charge on any atom is -0.394 e. The number of rotatable bonds is 51. The lowest BCUT2D eigenvalue weighted by Crippen LogP contribution is -2.53. The summed E-state index contributed by atoms with van der Waals surface area (Å²) in [5.74, 6) is -0.576. The van der Waals surface area contributed by atoms with Crippen LogP contribution in [0.25, 0.3) is 0 Å². The van der Waals surface area contributed by atoms with Gasteiger partial charge in [0.05, 0.1) is 18.8 Å². The molecule has 1 amide bonds. The molecule has 0 aromatic carbocycles. The number of carbonyl (C=O) groups excluding carboxylic acids is 1. The van der Waals surface area contributed by atoms with Crippen molar-refractivity contribution in [2.75, 3.05) is 6.61 Å². The molecule has 0 spiro atoms. The maximum absolute atomic E-state index is 12.6. The highest BCUT2D eigenvalue weighted by atomic mass is 16.3. The number of aliphatic hydroxyl groups excluding tert-OH is 4. The molecule has 0 radical (unpaired) electrons. The Morgan fingerprint density at radius 3 is 0.800 bits per heavy atom. The zero-order valence-electron chi connectivity index (χ0n) is 40.7. The van der Waals surface area contributed by atoms with Crippen molar-refractivity contribution in [3.8, 4) is 0 Å². The van der Waals surface area contributed by atoms with Gasteiger partial charge in [0, 0.05) is 0 Å². The molecule has 0 fully saturated rings. The smallest absolute Gasteiger partial charge is 0.249 e. The number of hydrogen-bond acceptors (Lipinski definition) is 5. The molecule has 0 saturated heterocycles. The van der Waals surface area contributed by atoms with Gasteiger partial charge in [-0.25, -0.2) is 0 Å². The van der Waals surface area contributed by atoms with Gasteiger partial charge >= 0.3 is 0 Å². The molecule has 0 rings (SSSR count). The van der Waals surface area contributed by atoms with E-state index in [9.17, 15) is 25.2 Å². The van der Waals surface area contributed by atoms with E-state index in [4.69, 9.17) is 0 Å². The third-order valence-corrected chi connectivity index (χ3v) is 13.3. The van der Waals surface area contributed by atoms with Crippen LogP contribution in [-0.4, -0.2) is 57.3 Å². The quantitative estimate of drug-likeness (QED) is 0.0392. The number of nitrogens with one attached hydrogen (secondary N) is 1. The van der Waals surface area contributed by atoms with Crippen LogP contribution in [0.15, 0.2) is 0 Å². The third-order valence-electron chi connectivity index (χ3n) is 13.3. The van der Waals surface area contributed by atoms with Crippen LogP contribution < -0.4 is 5.32 Å². The van der Waals surface area contributed by atoms with E-state index in [1.807, 2.05) is 0 Å². The Labute approximate surface area is 375 Å². The highest BCUT2D eigenvalue weighted by molar-refractivity contribution is 5.80. The molecule has 6 heteroatoms. The zero-order valence-corrected chi connectivity index (χ0v) is 40.7. The van der Waals surface area contributed by atoms with Crippen molar-refractivity contribution in [2.24, 2.45) is 0 Å². The lowest BCUT2D eigenvalue weighted by atomic mass is 9.99. The Hall–Kier alpha value is -0.690. The molecule has 6 nitrogen and oxygen atoms in total. The van der Waals surface area contributed by atoms with E-state index in [-0.39, 0.29) is 0 Å². The van der Waals surface area contributed by atoms with Crippen LogP contribution in [0, 0.1) is 0 Å². The van der Waals surface area contributed by atoms with Gasteiger partial charge in [0.1, 0.15) is 12.2 Å². The molecule has 5 N–H and O–H groups in total. The van der Waals surface area contributed by atoms with E-state index in [0.29, 0.717) is 12.8 Å². The van der Waals surface area contributed by atoms with Gasteiger partial charge in [-0.15, -0.1) is 0 Å². The van der Waals surface area contributed by atoms with Gasteiger partial charge in [0.15, 0.2) is 0 Å². The van der Waals surface area contributed by atoms with Gasteiger partial charge in [-0.05, 0) is 12.8 Å². The molecule has 60 heavy (non-hydrogen) atoms. The highest BCUT2D eigenvalue weighted by Crippen LogP contribution is 2.19. The lowest BCUT2D eigenvalue weighted by Gasteiger charge is -2.27. The van der Waals surface area contributed by atoms with Crippen molar-refractivity contribution in [1.29, 1.82) is 0 Å². The maximum atomic E-state index is 12.6. The Bertz CT molecular complexity index is 826. The van der Waals surface area contributed by atoms with Gasteiger partial charge in [0.25, 0.3) is 0 Å². The van der Waals surface area contributed by atoms with Crippen molar-refractivity contribution >= 4 is 5.91 Å². The van der Waals surface area contributed by atoms with E-state index in [2.05, 4.69) is 19.2 Å². The summed E-state index contributed by atoms with van der Waals surface area (Å²) in [4.78, 5) is 12.6.